The molecule has 35 heavy (non-hydrogen) atoms. The lowest BCUT2D eigenvalue weighted by Gasteiger charge is -2.20. The summed E-state index contributed by atoms with van der Waals surface area (Å²) < 4.78 is 17.0. The summed E-state index contributed by atoms with van der Waals surface area (Å²) in [5.74, 6) is -0.178. The SMILES string of the molecule is COC(=O)Oc1c(CNC(=O)c2ccccc2OC)c(=O)c2ccc(Cl)cc2n1-c1ccccc1. The first-order chi connectivity index (χ1) is 16.9. The Morgan fingerprint density at radius 1 is 0.971 bits per heavy atom. The molecular formula is C26H21ClN2O6. The van der Waals surface area contributed by atoms with E-state index in [1.165, 1.54) is 7.11 Å². The molecule has 178 valence electrons. The second-order valence-corrected chi connectivity index (χ2v) is 7.82. The highest BCUT2D eigenvalue weighted by molar-refractivity contribution is 6.31. The number of nitrogens with zero attached hydrogens (tertiary/aromatic N) is 1. The molecule has 0 saturated heterocycles. The number of amides is 1. The molecule has 0 bridgehead atoms. The minimum atomic E-state index is -1.02. The van der Waals surface area contributed by atoms with Crippen molar-refractivity contribution in [1.29, 1.82) is 0 Å². The highest BCUT2D eigenvalue weighted by Gasteiger charge is 2.23. The normalized spacial score (nSPS) is 10.6. The number of halogens is 1. The van der Waals surface area contributed by atoms with Crippen molar-refractivity contribution in [2.24, 2.45) is 0 Å². The van der Waals surface area contributed by atoms with Crippen LogP contribution in [0.2, 0.25) is 5.02 Å². The third-order valence-corrected chi connectivity index (χ3v) is 5.55. The van der Waals surface area contributed by atoms with Crippen LogP contribution in [-0.4, -0.2) is 30.8 Å². The number of ether oxygens (including phenoxy) is 3. The maximum absolute atomic E-state index is 13.5. The Hall–Kier alpha value is -4.30. The van der Waals surface area contributed by atoms with Crippen LogP contribution in [0.15, 0.2) is 77.6 Å². The number of hydrogen-bond acceptors (Lipinski definition) is 6. The van der Waals surface area contributed by atoms with E-state index in [4.69, 9.17) is 25.8 Å². The number of para-hydroxylation sites is 2. The Kier molecular flexibility index (Phi) is 7.03. The Bertz CT molecular complexity index is 1470. The first kappa shape index (κ1) is 23.8. The molecule has 1 aromatic heterocycles. The van der Waals surface area contributed by atoms with E-state index in [-0.39, 0.29) is 18.0 Å². The third kappa shape index (κ3) is 4.83. The van der Waals surface area contributed by atoms with Crippen LogP contribution in [0, 0.1) is 0 Å². The molecule has 8 nitrogen and oxygen atoms in total. The predicted octanol–water partition coefficient (Wildman–Crippen LogP) is 4.73. The van der Waals surface area contributed by atoms with Gasteiger partial charge >= 0.3 is 6.16 Å². The zero-order valence-electron chi connectivity index (χ0n) is 18.9. The van der Waals surface area contributed by atoms with Crippen LogP contribution in [0.3, 0.4) is 0 Å². The van der Waals surface area contributed by atoms with Crippen molar-refractivity contribution in [1.82, 2.24) is 9.88 Å². The summed E-state index contributed by atoms with van der Waals surface area (Å²) in [4.78, 5) is 38.6. The van der Waals surface area contributed by atoms with Gasteiger partial charge in [0.2, 0.25) is 5.88 Å². The largest absolute Gasteiger partial charge is 0.514 e. The molecule has 0 unspecified atom stereocenters. The van der Waals surface area contributed by atoms with Gasteiger partial charge < -0.3 is 19.5 Å². The molecule has 0 fully saturated rings. The summed E-state index contributed by atoms with van der Waals surface area (Å²) in [7, 11) is 2.62. The van der Waals surface area contributed by atoms with Crippen molar-refractivity contribution in [3.8, 4) is 17.3 Å². The van der Waals surface area contributed by atoms with Gasteiger partial charge in [0.15, 0.2) is 5.43 Å². The van der Waals surface area contributed by atoms with Crippen LogP contribution in [0.1, 0.15) is 15.9 Å². The molecule has 1 heterocycles. The van der Waals surface area contributed by atoms with Gasteiger partial charge in [-0.15, -0.1) is 0 Å². The average molecular weight is 493 g/mol. The lowest BCUT2D eigenvalue weighted by Crippen LogP contribution is -2.29. The molecule has 0 aliphatic carbocycles. The summed E-state index contributed by atoms with van der Waals surface area (Å²) in [6.07, 6.45) is -1.02. The van der Waals surface area contributed by atoms with E-state index in [1.807, 2.05) is 6.07 Å². The van der Waals surface area contributed by atoms with Gasteiger partial charge in [0.1, 0.15) is 5.75 Å². The molecular weight excluding hydrogens is 472 g/mol. The summed E-state index contributed by atoms with van der Waals surface area (Å²) >= 11 is 6.24. The Morgan fingerprint density at radius 3 is 2.40 bits per heavy atom. The smallest absolute Gasteiger partial charge is 0.496 e. The van der Waals surface area contributed by atoms with Gasteiger partial charge in [0.25, 0.3) is 5.91 Å². The number of carbonyl (C=O) groups excluding carboxylic acids is 2. The van der Waals surface area contributed by atoms with Crippen LogP contribution in [0.4, 0.5) is 4.79 Å². The van der Waals surface area contributed by atoms with Crippen LogP contribution in [-0.2, 0) is 11.3 Å². The van der Waals surface area contributed by atoms with Crippen LogP contribution in [0.5, 0.6) is 11.6 Å². The monoisotopic (exact) mass is 492 g/mol. The molecule has 4 aromatic rings. The molecule has 3 aromatic carbocycles. The number of nitrogens with one attached hydrogen (secondary N) is 1. The summed E-state index contributed by atoms with van der Waals surface area (Å²) in [6, 6.07) is 20.5. The summed E-state index contributed by atoms with van der Waals surface area (Å²) in [6.45, 7) is -0.229. The van der Waals surface area contributed by atoms with Crippen molar-refractivity contribution in [2.75, 3.05) is 14.2 Å². The summed E-state index contributed by atoms with van der Waals surface area (Å²) in [5, 5.41) is 3.45. The van der Waals surface area contributed by atoms with Gasteiger partial charge in [-0.05, 0) is 42.5 Å². The fraction of sp³-hybridized carbons (Fsp3) is 0.115. The van der Waals surface area contributed by atoms with Crippen LogP contribution >= 0.6 is 11.6 Å². The van der Waals surface area contributed by atoms with Crippen molar-refractivity contribution >= 4 is 34.6 Å². The minimum Gasteiger partial charge on any atom is -0.496 e. The molecule has 0 aliphatic heterocycles. The zero-order chi connectivity index (χ0) is 24.9. The number of aromatic nitrogens is 1. The first-order valence-corrected chi connectivity index (χ1v) is 10.9. The number of fused-ring (bicyclic) bond motifs is 1. The Balaban J connectivity index is 1.90. The number of methoxy groups -OCH3 is 2. The quantitative estimate of drug-likeness (QED) is 0.391. The van der Waals surface area contributed by atoms with E-state index < -0.39 is 17.5 Å². The van der Waals surface area contributed by atoms with Crippen LogP contribution < -0.4 is 20.2 Å². The van der Waals surface area contributed by atoms with Gasteiger partial charge in [0, 0.05) is 16.1 Å². The number of rotatable bonds is 6. The van der Waals surface area contributed by atoms with E-state index in [0.717, 1.165) is 7.11 Å². The molecule has 9 heteroatoms. The number of benzene rings is 3. The highest BCUT2D eigenvalue weighted by atomic mass is 35.5. The molecule has 0 saturated carbocycles. The van der Waals surface area contributed by atoms with E-state index >= 15 is 0 Å². The third-order valence-electron chi connectivity index (χ3n) is 5.32. The minimum absolute atomic E-state index is 0.0531. The van der Waals surface area contributed by atoms with Crippen molar-refractivity contribution < 1.29 is 23.8 Å². The van der Waals surface area contributed by atoms with Gasteiger partial charge in [-0.25, -0.2) is 4.79 Å². The predicted molar refractivity (Wildman–Crippen MR) is 132 cm³/mol. The van der Waals surface area contributed by atoms with E-state index in [0.29, 0.717) is 32.9 Å². The fourth-order valence-corrected chi connectivity index (χ4v) is 3.87. The van der Waals surface area contributed by atoms with E-state index in [1.54, 1.807) is 71.3 Å². The maximum Gasteiger partial charge on any atom is 0.514 e. The zero-order valence-corrected chi connectivity index (χ0v) is 19.7. The molecule has 0 aliphatic rings. The van der Waals surface area contributed by atoms with Crippen molar-refractivity contribution in [3.63, 3.8) is 0 Å². The fourth-order valence-electron chi connectivity index (χ4n) is 3.70. The highest BCUT2D eigenvalue weighted by Crippen LogP contribution is 2.30. The van der Waals surface area contributed by atoms with Gasteiger partial charge in [0.05, 0.1) is 37.4 Å². The number of carbonyl (C=O) groups is 2. The molecule has 0 radical (unpaired) electrons. The average Bonchev–Trinajstić information content (AvgIpc) is 2.88. The van der Waals surface area contributed by atoms with Crippen molar-refractivity contribution in [3.05, 3.63) is 99.2 Å². The maximum atomic E-state index is 13.5. The topological polar surface area (TPSA) is 95.9 Å². The van der Waals surface area contributed by atoms with Gasteiger partial charge in [-0.2, -0.15) is 0 Å². The van der Waals surface area contributed by atoms with Gasteiger partial charge in [-0.1, -0.05) is 41.9 Å². The molecule has 1 amide bonds. The van der Waals surface area contributed by atoms with E-state index in [2.05, 4.69) is 5.32 Å². The van der Waals surface area contributed by atoms with Gasteiger partial charge in [-0.3, -0.25) is 14.2 Å². The Labute approximate surface area is 205 Å². The number of pyridine rings is 1. The Morgan fingerprint density at radius 2 is 1.69 bits per heavy atom. The second kappa shape index (κ2) is 10.3. The molecule has 4 rings (SSSR count). The second-order valence-electron chi connectivity index (χ2n) is 7.38. The lowest BCUT2D eigenvalue weighted by atomic mass is 10.1. The standard InChI is InChI=1S/C26H21ClN2O6/c1-33-22-11-7-6-10-19(22)24(31)28-15-20-23(30)18-13-12-16(27)14-21(18)29(17-8-4-3-5-9-17)25(20)35-26(32)34-2/h3-14H,15H2,1-2H3,(H,28,31). The molecule has 1 N–H and O–H groups in total. The van der Waals surface area contributed by atoms with E-state index in [9.17, 15) is 14.4 Å². The lowest BCUT2D eigenvalue weighted by molar-refractivity contribution is 0.0947. The van der Waals surface area contributed by atoms with Crippen molar-refractivity contribution in [2.45, 2.75) is 6.54 Å². The number of hydrogen-bond donors (Lipinski definition) is 1. The molecule has 0 atom stereocenters. The molecule has 0 spiro atoms. The summed E-state index contributed by atoms with van der Waals surface area (Å²) in [5.41, 5.74) is 0.949. The van der Waals surface area contributed by atoms with Crippen LogP contribution in [0.25, 0.3) is 16.6 Å². The first-order valence-electron chi connectivity index (χ1n) is 10.5.